The van der Waals surface area contributed by atoms with E-state index in [0.29, 0.717) is 5.56 Å². The molecule has 1 aliphatic carbocycles. The molecule has 1 aliphatic rings. The molecule has 0 fully saturated rings. The van der Waals surface area contributed by atoms with Crippen LogP contribution < -0.4 is 0 Å². The fraction of sp³-hybridized carbons (Fsp3) is 0.400. The molecule has 1 aromatic carbocycles. The molecule has 1 aromatic rings. The lowest BCUT2D eigenvalue weighted by molar-refractivity contribution is -0.156. The van der Waals surface area contributed by atoms with Gasteiger partial charge in [0.15, 0.2) is 5.78 Å². The Labute approximate surface area is 116 Å². The van der Waals surface area contributed by atoms with Crippen LogP contribution in [0.1, 0.15) is 27.9 Å². The van der Waals surface area contributed by atoms with Crippen LogP contribution in [0, 0.1) is 12.3 Å². The predicted molar refractivity (Wildman–Crippen MR) is 70.3 cm³/mol. The highest BCUT2D eigenvalue weighted by Gasteiger charge is 2.54. The van der Waals surface area contributed by atoms with Gasteiger partial charge in [0.1, 0.15) is 5.41 Å². The van der Waals surface area contributed by atoms with Crippen molar-refractivity contribution in [1.29, 1.82) is 0 Å². The van der Waals surface area contributed by atoms with Gasteiger partial charge in [-0.15, -0.1) is 0 Å². The van der Waals surface area contributed by atoms with Gasteiger partial charge in [-0.3, -0.25) is 14.4 Å². The average molecular weight is 276 g/mol. The first-order valence-corrected chi connectivity index (χ1v) is 6.24. The second-order valence-corrected chi connectivity index (χ2v) is 4.99. The molecule has 0 aromatic heterocycles. The Hall–Kier alpha value is -2.17. The molecule has 1 unspecified atom stereocenters. The number of aryl methyl sites for hydroxylation is 1. The topological polar surface area (TPSA) is 69.7 Å². The molecule has 0 saturated heterocycles. The third-order valence-electron chi connectivity index (χ3n) is 3.68. The van der Waals surface area contributed by atoms with Gasteiger partial charge in [-0.2, -0.15) is 0 Å². The van der Waals surface area contributed by atoms with Gasteiger partial charge >= 0.3 is 11.9 Å². The molecule has 5 nitrogen and oxygen atoms in total. The molecule has 0 amide bonds. The van der Waals surface area contributed by atoms with Crippen molar-refractivity contribution in [3.63, 3.8) is 0 Å². The summed E-state index contributed by atoms with van der Waals surface area (Å²) in [7, 11) is 2.44. The van der Waals surface area contributed by atoms with Crippen molar-refractivity contribution in [2.75, 3.05) is 14.2 Å². The maximum Gasteiger partial charge on any atom is 0.320 e. The largest absolute Gasteiger partial charge is 0.469 e. The maximum absolute atomic E-state index is 12.6. The van der Waals surface area contributed by atoms with Crippen LogP contribution >= 0.6 is 0 Å². The highest BCUT2D eigenvalue weighted by Crippen LogP contribution is 2.41. The maximum atomic E-state index is 12.6. The van der Waals surface area contributed by atoms with Gasteiger partial charge in [-0.05, 0) is 18.9 Å². The second kappa shape index (κ2) is 5.07. The normalized spacial score (nSPS) is 20.4. The molecule has 20 heavy (non-hydrogen) atoms. The van der Waals surface area contributed by atoms with Crippen LogP contribution in [0.25, 0.3) is 0 Å². The minimum atomic E-state index is -1.49. The zero-order chi connectivity index (χ0) is 14.9. The highest BCUT2D eigenvalue weighted by atomic mass is 16.5. The van der Waals surface area contributed by atoms with Crippen LogP contribution in [-0.2, 0) is 25.5 Å². The number of carbonyl (C=O) groups is 3. The molecule has 1 atom stereocenters. The Morgan fingerprint density at radius 1 is 1.25 bits per heavy atom. The molecular weight excluding hydrogens is 260 g/mol. The summed E-state index contributed by atoms with van der Waals surface area (Å²) in [4.78, 5) is 36.2. The Morgan fingerprint density at radius 2 is 1.95 bits per heavy atom. The quantitative estimate of drug-likeness (QED) is 0.617. The summed E-state index contributed by atoms with van der Waals surface area (Å²) in [6, 6.07) is 5.35. The zero-order valence-electron chi connectivity index (χ0n) is 11.7. The molecule has 0 bridgehead atoms. The number of carbonyl (C=O) groups excluding carboxylic acids is 3. The summed E-state index contributed by atoms with van der Waals surface area (Å²) >= 11 is 0. The molecule has 0 aliphatic heterocycles. The van der Waals surface area contributed by atoms with E-state index in [1.54, 1.807) is 6.07 Å². The van der Waals surface area contributed by atoms with E-state index in [0.717, 1.165) is 11.1 Å². The minimum Gasteiger partial charge on any atom is -0.469 e. The van der Waals surface area contributed by atoms with E-state index in [-0.39, 0.29) is 18.6 Å². The van der Waals surface area contributed by atoms with E-state index in [9.17, 15) is 14.4 Å². The van der Waals surface area contributed by atoms with Crippen molar-refractivity contribution in [3.05, 3.63) is 34.9 Å². The van der Waals surface area contributed by atoms with Crippen molar-refractivity contribution in [2.45, 2.75) is 19.8 Å². The van der Waals surface area contributed by atoms with E-state index in [1.807, 2.05) is 19.1 Å². The molecule has 0 radical (unpaired) electrons. The predicted octanol–water partition coefficient (Wildman–Crippen LogP) is 1.46. The number of ketones is 1. The number of methoxy groups -OCH3 is 2. The summed E-state index contributed by atoms with van der Waals surface area (Å²) < 4.78 is 9.35. The van der Waals surface area contributed by atoms with Crippen molar-refractivity contribution >= 4 is 17.7 Å². The smallest absolute Gasteiger partial charge is 0.320 e. The molecule has 0 spiro atoms. The van der Waals surface area contributed by atoms with E-state index in [4.69, 9.17) is 4.74 Å². The fourth-order valence-corrected chi connectivity index (χ4v) is 2.65. The van der Waals surface area contributed by atoms with E-state index in [2.05, 4.69) is 4.74 Å². The SMILES string of the molecule is COC(=O)CC1(C(=O)OC)Cc2cc(C)ccc2C1=O. The van der Waals surface area contributed by atoms with E-state index < -0.39 is 17.4 Å². The first kappa shape index (κ1) is 14.2. The monoisotopic (exact) mass is 276 g/mol. The Morgan fingerprint density at radius 3 is 2.55 bits per heavy atom. The van der Waals surface area contributed by atoms with Crippen molar-refractivity contribution in [3.8, 4) is 0 Å². The third kappa shape index (κ3) is 2.09. The lowest BCUT2D eigenvalue weighted by atomic mass is 9.80. The van der Waals surface area contributed by atoms with Crippen LogP contribution in [0.3, 0.4) is 0 Å². The van der Waals surface area contributed by atoms with Gasteiger partial charge in [0.2, 0.25) is 0 Å². The molecule has 0 N–H and O–H groups in total. The molecule has 2 rings (SSSR count). The molecular formula is C15H16O5. The van der Waals surface area contributed by atoms with E-state index in [1.165, 1.54) is 14.2 Å². The zero-order valence-corrected chi connectivity index (χ0v) is 11.7. The average Bonchev–Trinajstić information content (AvgIpc) is 2.71. The van der Waals surface area contributed by atoms with Crippen LogP contribution in [0.5, 0.6) is 0 Å². The lowest BCUT2D eigenvalue weighted by Crippen LogP contribution is -2.40. The summed E-state index contributed by atoms with van der Waals surface area (Å²) in [5.74, 6) is -1.67. The number of Topliss-reactive ketones (excluding diaryl/α,β-unsaturated/α-hetero) is 1. The van der Waals surface area contributed by atoms with Crippen LogP contribution in [0.4, 0.5) is 0 Å². The van der Waals surface area contributed by atoms with Crippen LogP contribution in [-0.4, -0.2) is 31.9 Å². The first-order chi connectivity index (χ1) is 9.44. The molecule has 0 heterocycles. The number of hydrogen-bond donors (Lipinski definition) is 0. The van der Waals surface area contributed by atoms with Crippen molar-refractivity contribution in [2.24, 2.45) is 5.41 Å². The van der Waals surface area contributed by atoms with Crippen molar-refractivity contribution in [1.82, 2.24) is 0 Å². The number of esters is 2. The van der Waals surface area contributed by atoms with Gasteiger partial charge < -0.3 is 9.47 Å². The van der Waals surface area contributed by atoms with E-state index >= 15 is 0 Å². The fourth-order valence-electron chi connectivity index (χ4n) is 2.65. The Kier molecular flexibility index (Phi) is 3.61. The summed E-state index contributed by atoms with van der Waals surface area (Å²) in [5, 5.41) is 0. The second-order valence-electron chi connectivity index (χ2n) is 4.99. The van der Waals surface area contributed by atoms with Crippen LogP contribution in [0.2, 0.25) is 0 Å². The Balaban J connectivity index is 2.48. The van der Waals surface area contributed by atoms with Crippen LogP contribution in [0.15, 0.2) is 18.2 Å². The summed E-state index contributed by atoms with van der Waals surface area (Å²) in [6.45, 7) is 1.91. The lowest BCUT2D eigenvalue weighted by Gasteiger charge is -2.22. The number of rotatable bonds is 3. The van der Waals surface area contributed by atoms with Gasteiger partial charge in [0.05, 0.1) is 20.6 Å². The third-order valence-corrected chi connectivity index (χ3v) is 3.68. The number of fused-ring (bicyclic) bond motifs is 1. The number of hydrogen-bond acceptors (Lipinski definition) is 5. The summed E-state index contributed by atoms with van der Waals surface area (Å²) in [6.07, 6.45) is -0.132. The van der Waals surface area contributed by atoms with Gasteiger partial charge in [0, 0.05) is 5.56 Å². The number of benzene rings is 1. The Bertz CT molecular complexity index is 590. The van der Waals surface area contributed by atoms with Gasteiger partial charge in [-0.25, -0.2) is 0 Å². The minimum absolute atomic E-state index is 0.171. The number of ether oxygens (including phenoxy) is 2. The van der Waals surface area contributed by atoms with Gasteiger partial charge in [0.25, 0.3) is 0 Å². The highest BCUT2D eigenvalue weighted by molar-refractivity contribution is 6.17. The standard InChI is InChI=1S/C15H16O5/c1-9-4-5-11-10(6-9)7-15(13(11)17,14(18)20-3)8-12(16)19-2/h4-6H,7-8H2,1-3H3. The molecule has 5 heteroatoms. The van der Waals surface area contributed by atoms with Crippen molar-refractivity contribution < 1.29 is 23.9 Å². The molecule has 0 saturated carbocycles. The summed E-state index contributed by atoms with van der Waals surface area (Å²) in [5.41, 5.74) is 0.752. The van der Waals surface area contributed by atoms with Gasteiger partial charge in [-0.1, -0.05) is 23.8 Å². The molecule has 106 valence electrons. The first-order valence-electron chi connectivity index (χ1n) is 6.24.